The van der Waals surface area contributed by atoms with Crippen molar-refractivity contribution in [1.82, 2.24) is 30.0 Å². The number of aromatic nitrogens is 6. The molecule has 0 bridgehead atoms. The topological polar surface area (TPSA) is 127 Å². The fourth-order valence-corrected chi connectivity index (χ4v) is 3.22. The molecule has 11 nitrogen and oxygen atoms in total. The third kappa shape index (κ3) is 3.40. The Labute approximate surface area is 180 Å². The Bertz CT molecular complexity index is 1440. The summed E-state index contributed by atoms with van der Waals surface area (Å²) < 4.78 is 11.8. The zero-order chi connectivity index (χ0) is 22.1. The van der Waals surface area contributed by atoms with Crippen molar-refractivity contribution in [2.24, 2.45) is 0 Å². The van der Waals surface area contributed by atoms with Crippen molar-refractivity contribution < 1.29 is 23.8 Å². The summed E-state index contributed by atoms with van der Waals surface area (Å²) >= 11 is 0. The summed E-state index contributed by atoms with van der Waals surface area (Å²) in [5.41, 5.74) is 1.71. The second-order valence-corrected chi connectivity index (χ2v) is 6.81. The first kappa shape index (κ1) is 19.6. The van der Waals surface area contributed by atoms with E-state index in [1.807, 2.05) is 18.2 Å². The van der Waals surface area contributed by atoms with E-state index in [0.29, 0.717) is 39.4 Å². The number of methoxy groups -OCH3 is 1. The van der Waals surface area contributed by atoms with E-state index in [1.165, 1.54) is 4.52 Å². The van der Waals surface area contributed by atoms with Crippen molar-refractivity contribution in [3.8, 4) is 17.4 Å². The normalized spacial score (nSPS) is 11.2. The zero-order valence-corrected chi connectivity index (χ0v) is 17.1. The SMILES string of the molecule is COCc1cc(-c2nnc3c4ccccc4c(OOC(=O)c4cccnc4C)nn23)no1. The Balaban J connectivity index is 1.55. The van der Waals surface area contributed by atoms with Crippen LogP contribution in [0.2, 0.25) is 0 Å². The second kappa shape index (κ2) is 8.04. The highest BCUT2D eigenvalue weighted by atomic mass is 17.2. The van der Waals surface area contributed by atoms with Crippen molar-refractivity contribution in [2.45, 2.75) is 13.5 Å². The lowest BCUT2D eigenvalue weighted by atomic mass is 10.2. The molecule has 0 radical (unpaired) electrons. The van der Waals surface area contributed by atoms with E-state index in [1.54, 1.807) is 44.5 Å². The Morgan fingerprint density at radius 2 is 1.97 bits per heavy atom. The van der Waals surface area contributed by atoms with Gasteiger partial charge in [-0.05, 0) is 25.1 Å². The number of aryl methyl sites for hydroxylation is 1. The Kier molecular flexibility index (Phi) is 4.92. The summed E-state index contributed by atoms with van der Waals surface area (Å²) in [7, 11) is 1.56. The van der Waals surface area contributed by atoms with Gasteiger partial charge in [-0.1, -0.05) is 23.4 Å². The molecule has 11 heteroatoms. The lowest BCUT2D eigenvalue weighted by Gasteiger charge is -2.08. The maximum Gasteiger partial charge on any atom is 0.388 e. The van der Waals surface area contributed by atoms with Crippen LogP contribution in [0.3, 0.4) is 0 Å². The highest BCUT2D eigenvalue weighted by Crippen LogP contribution is 2.29. The maximum atomic E-state index is 12.5. The van der Waals surface area contributed by atoms with Crippen molar-refractivity contribution in [1.29, 1.82) is 0 Å². The zero-order valence-electron chi connectivity index (χ0n) is 17.1. The summed E-state index contributed by atoms with van der Waals surface area (Å²) in [5.74, 6) is 0.226. The monoisotopic (exact) mass is 432 g/mol. The quantitative estimate of drug-likeness (QED) is 0.292. The van der Waals surface area contributed by atoms with Crippen LogP contribution in [-0.2, 0) is 16.2 Å². The van der Waals surface area contributed by atoms with E-state index in [9.17, 15) is 4.79 Å². The lowest BCUT2D eigenvalue weighted by molar-refractivity contribution is -0.152. The van der Waals surface area contributed by atoms with Gasteiger partial charge in [0.05, 0.1) is 16.6 Å². The van der Waals surface area contributed by atoms with Crippen molar-refractivity contribution in [2.75, 3.05) is 7.11 Å². The molecule has 0 aliphatic heterocycles. The van der Waals surface area contributed by atoms with Crippen LogP contribution in [0.4, 0.5) is 0 Å². The molecule has 0 aliphatic rings. The number of carbonyl (C=O) groups is 1. The Morgan fingerprint density at radius 1 is 1.12 bits per heavy atom. The van der Waals surface area contributed by atoms with Crippen LogP contribution in [0.5, 0.6) is 5.88 Å². The van der Waals surface area contributed by atoms with Crippen molar-refractivity contribution in [3.05, 3.63) is 65.7 Å². The van der Waals surface area contributed by atoms with Gasteiger partial charge in [-0.15, -0.1) is 15.3 Å². The van der Waals surface area contributed by atoms with Gasteiger partial charge in [0.15, 0.2) is 17.1 Å². The lowest BCUT2D eigenvalue weighted by Crippen LogP contribution is -2.12. The number of carbonyl (C=O) groups excluding carboxylic acids is 1. The first-order valence-electron chi connectivity index (χ1n) is 9.55. The van der Waals surface area contributed by atoms with Gasteiger partial charge in [0, 0.05) is 24.8 Å². The van der Waals surface area contributed by atoms with Crippen molar-refractivity contribution in [3.63, 3.8) is 0 Å². The predicted octanol–water partition coefficient (Wildman–Crippen LogP) is 2.93. The molecule has 0 saturated heterocycles. The average molecular weight is 432 g/mol. The summed E-state index contributed by atoms with van der Waals surface area (Å²) in [6.45, 7) is 1.97. The van der Waals surface area contributed by atoms with Crippen LogP contribution in [-0.4, -0.2) is 43.0 Å². The Hall–Kier alpha value is -4.38. The fraction of sp³-hybridized carbons (Fsp3) is 0.143. The molecule has 0 unspecified atom stereocenters. The van der Waals surface area contributed by atoms with E-state index in [2.05, 4.69) is 25.4 Å². The molecular formula is C21H16N6O5. The van der Waals surface area contributed by atoms with Crippen molar-refractivity contribution >= 4 is 22.4 Å². The summed E-state index contributed by atoms with van der Waals surface area (Å²) in [6, 6.07) is 12.2. The maximum absolute atomic E-state index is 12.5. The van der Waals surface area contributed by atoms with Crippen LogP contribution in [0.15, 0.2) is 53.2 Å². The molecule has 160 valence electrons. The van der Waals surface area contributed by atoms with E-state index < -0.39 is 5.97 Å². The number of rotatable bonds is 6. The van der Waals surface area contributed by atoms with E-state index >= 15 is 0 Å². The van der Waals surface area contributed by atoms with Gasteiger partial charge in [-0.3, -0.25) is 9.87 Å². The van der Waals surface area contributed by atoms with Gasteiger partial charge in [0.25, 0.3) is 5.88 Å². The molecule has 4 heterocycles. The van der Waals surface area contributed by atoms with Crippen LogP contribution < -0.4 is 4.89 Å². The highest BCUT2D eigenvalue weighted by Gasteiger charge is 2.21. The largest absolute Gasteiger partial charge is 0.388 e. The first-order valence-corrected chi connectivity index (χ1v) is 9.55. The average Bonchev–Trinajstić information content (AvgIpc) is 3.44. The van der Waals surface area contributed by atoms with Gasteiger partial charge in [-0.2, -0.15) is 4.52 Å². The molecule has 0 fully saturated rings. The summed E-state index contributed by atoms with van der Waals surface area (Å²) in [5, 5.41) is 18.2. The van der Waals surface area contributed by atoms with Crippen LogP contribution in [0.1, 0.15) is 21.8 Å². The molecule has 0 aliphatic carbocycles. The Morgan fingerprint density at radius 3 is 2.78 bits per heavy atom. The molecule has 0 spiro atoms. The number of pyridine rings is 1. The molecular weight excluding hydrogens is 416 g/mol. The molecule has 0 atom stereocenters. The standard InChI is InChI=1S/C21H16N6O5/c1-12-14(8-5-9-22-12)21(28)32-31-20-16-7-4-3-6-15(16)18-23-24-19(27(18)25-20)17-10-13(11-29-2)30-26-17/h3-10H,11H2,1-2H3. The van der Waals surface area contributed by atoms with Crippen LogP contribution >= 0.6 is 0 Å². The first-order chi connectivity index (χ1) is 15.7. The third-order valence-electron chi connectivity index (χ3n) is 4.73. The molecule has 1 aromatic carbocycles. The second-order valence-electron chi connectivity index (χ2n) is 6.81. The summed E-state index contributed by atoms with van der Waals surface area (Å²) in [4.78, 5) is 27.0. The number of hydrogen-bond acceptors (Lipinski definition) is 10. The van der Waals surface area contributed by atoms with Crippen LogP contribution in [0, 0.1) is 6.92 Å². The molecule has 5 rings (SSSR count). The number of benzene rings is 1. The number of hydrogen-bond donors (Lipinski definition) is 0. The smallest absolute Gasteiger partial charge is 0.377 e. The van der Waals surface area contributed by atoms with Gasteiger partial charge in [0.2, 0.25) is 5.82 Å². The fourth-order valence-electron chi connectivity index (χ4n) is 3.22. The molecule has 0 N–H and O–H groups in total. The number of nitrogens with zero attached hydrogens (tertiary/aromatic N) is 6. The molecule has 0 amide bonds. The minimum Gasteiger partial charge on any atom is -0.377 e. The molecule has 32 heavy (non-hydrogen) atoms. The van der Waals surface area contributed by atoms with Gasteiger partial charge in [-0.25, -0.2) is 9.68 Å². The van der Waals surface area contributed by atoms with E-state index in [0.717, 1.165) is 0 Å². The third-order valence-corrected chi connectivity index (χ3v) is 4.73. The van der Waals surface area contributed by atoms with E-state index in [4.69, 9.17) is 19.0 Å². The molecule has 5 aromatic rings. The highest BCUT2D eigenvalue weighted by molar-refractivity contribution is 5.97. The van der Waals surface area contributed by atoms with Gasteiger partial charge < -0.3 is 9.26 Å². The summed E-state index contributed by atoms with van der Waals surface area (Å²) in [6.07, 6.45) is 1.59. The van der Waals surface area contributed by atoms with E-state index in [-0.39, 0.29) is 18.1 Å². The van der Waals surface area contributed by atoms with Gasteiger partial charge in [0.1, 0.15) is 6.61 Å². The molecule has 0 saturated carbocycles. The predicted molar refractivity (Wildman–Crippen MR) is 110 cm³/mol. The van der Waals surface area contributed by atoms with Gasteiger partial charge >= 0.3 is 5.97 Å². The minimum absolute atomic E-state index is 0.0599. The van der Waals surface area contributed by atoms with Crippen LogP contribution in [0.25, 0.3) is 27.9 Å². The number of ether oxygens (including phenoxy) is 1. The molecule has 4 aromatic heterocycles. The minimum atomic E-state index is -0.689. The number of fused-ring (bicyclic) bond motifs is 3.